The first-order valence-electron chi connectivity index (χ1n) is 9.66. The van der Waals surface area contributed by atoms with Gasteiger partial charge in [-0.15, -0.1) is 0 Å². The molecule has 28 heavy (non-hydrogen) atoms. The molecule has 1 heterocycles. The van der Waals surface area contributed by atoms with Crippen LogP contribution < -0.4 is 0 Å². The molecule has 2 aromatic rings. The summed E-state index contributed by atoms with van der Waals surface area (Å²) in [5.74, 6) is -0.655. The molecule has 1 aliphatic heterocycles. The van der Waals surface area contributed by atoms with Gasteiger partial charge in [0, 0.05) is 7.05 Å². The van der Waals surface area contributed by atoms with E-state index in [1.165, 1.54) is 4.31 Å². The highest BCUT2D eigenvalue weighted by Crippen LogP contribution is 2.36. The van der Waals surface area contributed by atoms with Crippen LogP contribution in [0.1, 0.15) is 38.9 Å². The smallest absolute Gasteiger partial charge is 0.214 e. The maximum Gasteiger partial charge on any atom is 0.214 e. The van der Waals surface area contributed by atoms with Crippen LogP contribution >= 0.6 is 0 Å². The van der Waals surface area contributed by atoms with Crippen molar-refractivity contribution in [3.8, 4) is 11.1 Å². The van der Waals surface area contributed by atoms with Gasteiger partial charge < -0.3 is 9.47 Å². The highest BCUT2D eigenvalue weighted by molar-refractivity contribution is 7.89. The summed E-state index contributed by atoms with van der Waals surface area (Å²) in [6.45, 7) is 5.86. The number of hydrogen-bond donors (Lipinski definition) is 0. The van der Waals surface area contributed by atoms with E-state index in [0.29, 0.717) is 6.42 Å². The van der Waals surface area contributed by atoms with Gasteiger partial charge in [-0.3, -0.25) is 0 Å². The second-order valence-electron chi connectivity index (χ2n) is 7.64. The van der Waals surface area contributed by atoms with E-state index < -0.39 is 28.0 Å². The first kappa shape index (κ1) is 21.0. The van der Waals surface area contributed by atoms with Crippen molar-refractivity contribution >= 4 is 10.0 Å². The van der Waals surface area contributed by atoms with E-state index in [4.69, 9.17) is 9.47 Å². The molecular weight excluding hydrogens is 374 g/mol. The van der Waals surface area contributed by atoms with E-state index in [2.05, 4.69) is 12.1 Å². The van der Waals surface area contributed by atoms with Gasteiger partial charge in [-0.1, -0.05) is 61.5 Å². The Hall–Kier alpha value is -1.73. The Kier molecular flexibility index (Phi) is 6.25. The van der Waals surface area contributed by atoms with Crippen LogP contribution in [0, 0.1) is 0 Å². The van der Waals surface area contributed by atoms with Crippen molar-refractivity contribution in [2.45, 2.75) is 45.1 Å². The third-order valence-electron chi connectivity index (χ3n) is 5.08. The van der Waals surface area contributed by atoms with Gasteiger partial charge in [-0.2, -0.15) is 4.31 Å². The van der Waals surface area contributed by atoms with E-state index in [1.807, 2.05) is 63.2 Å². The van der Waals surface area contributed by atoms with Crippen molar-refractivity contribution < 1.29 is 17.9 Å². The minimum absolute atomic E-state index is 0.114. The largest absolute Gasteiger partial charge is 0.349 e. The summed E-state index contributed by atoms with van der Waals surface area (Å²) in [5.41, 5.74) is 3.19. The van der Waals surface area contributed by atoms with Crippen LogP contribution in [-0.2, 0) is 19.5 Å². The van der Waals surface area contributed by atoms with Crippen molar-refractivity contribution in [3.63, 3.8) is 0 Å². The topological polar surface area (TPSA) is 55.8 Å². The molecule has 0 saturated carbocycles. The monoisotopic (exact) mass is 403 g/mol. The van der Waals surface area contributed by atoms with Gasteiger partial charge in [0.2, 0.25) is 10.0 Å². The second kappa shape index (κ2) is 8.33. The molecule has 3 rings (SSSR count). The number of ether oxygens (including phenoxy) is 2. The average molecular weight is 404 g/mol. The Labute approximate surface area is 168 Å². The lowest BCUT2D eigenvalue weighted by molar-refractivity contribution is -0.291. The van der Waals surface area contributed by atoms with Crippen molar-refractivity contribution in [3.05, 3.63) is 60.2 Å². The number of sulfonamides is 1. The predicted octanol–water partition coefficient (Wildman–Crippen LogP) is 4.22. The van der Waals surface area contributed by atoms with Crippen LogP contribution in [0.4, 0.5) is 0 Å². The molecule has 5 nitrogen and oxygen atoms in total. The molecule has 0 spiro atoms. The lowest BCUT2D eigenvalue weighted by Crippen LogP contribution is -2.52. The molecule has 0 aliphatic carbocycles. The number of likely N-dealkylation sites (N-methyl/N-ethyl adjacent to an activating group) is 1. The van der Waals surface area contributed by atoms with Crippen LogP contribution in [0.3, 0.4) is 0 Å². The van der Waals surface area contributed by atoms with Crippen LogP contribution in [0.15, 0.2) is 54.6 Å². The Morgan fingerprint density at radius 1 is 1.04 bits per heavy atom. The predicted molar refractivity (Wildman–Crippen MR) is 111 cm³/mol. The van der Waals surface area contributed by atoms with Gasteiger partial charge in [0.15, 0.2) is 5.79 Å². The zero-order valence-corrected chi connectivity index (χ0v) is 17.8. The standard InChI is InChI=1S/C22H29NO4S/c1-5-15-28(24,25)23(4)20-16-26-22(2,3)27-21(20)19-13-11-18(12-14-19)17-9-7-6-8-10-17/h6-14,20-21H,5,15-16H2,1-4H3/t20-,21-/m0/s1. The minimum Gasteiger partial charge on any atom is -0.349 e. The molecule has 0 aromatic heterocycles. The molecule has 2 atom stereocenters. The lowest BCUT2D eigenvalue weighted by Gasteiger charge is -2.44. The SMILES string of the molecule is CCCS(=O)(=O)N(C)[C@H]1COC(C)(C)O[C@H]1c1ccc(-c2ccccc2)cc1. The third kappa shape index (κ3) is 4.63. The van der Waals surface area contributed by atoms with Crippen molar-refractivity contribution in [2.75, 3.05) is 19.4 Å². The number of rotatable bonds is 6. The first-order chi connectivity index (χ1) is 13.2. The summed E-state index contributed by atoms with van der Waals surface area (Å²) in [5, 5.41) is 0. The van der Waals surface area contributed by atoms with Crippen LogP contribution in [0.25, 0.3) is 11.1 Å². The zero-order chi connectivity index (χ0) is 20.4. The Morgan fingerprint density at radius 3 is 2.25 bits per heavy atom. The number of nitrogens with zero attached hydrogens (tertiary/aromatic N) is 1. The Balaban J connectivity index is 1.91. The molecule has 0 radical (unpaired) electrons. The van der Waals surface area contributed by atoms with Gasteiger partial charge in [0.05, 0.1) is 18.4 Å². The molecule has 152 valence electrons. The maximum atomic E-state index is 12.6. The fourth-order valence-electron chi connectivity index (χ4n) is 3.48. The number of benzene rings is 2. The maximum absolute atomic E-state index is 12.6. The van der Waals surface area contributed by atoms with Gasteiger partial charge in [-0.05, 0) is 37.0 Å². The summed E-state index contributed by atoms with van der Waals surface area (Å²) in [7, 11) is -1.75. The molecule has 0 N–H and O–H groups in total. The normalized spacial score (nSPS) is 22.3. The molecule has 1 aliphatic rings. The van der Waals surface area contributed by atoms with Crippen LogP contribution in [0.5, 0.6) is 0 Å². The van der Waals surface area contributed by atoms with E-state index in [9.17, 15) is 8.42 Å². The Morgan fingerprint density at radius 2 is 1.64 bits per heavy atom. The summed E-state index contributed by atoms with van der Waals surface area (Å²) in [6, 6.07) is 17.9. The zero-order valence-electron chi connectivity index (χ0n) is 17.0. The fraction of sp³-hybridized carbons (Fsp3) is 0.455. The molecule has 6 heteroatoms. The van der Waals surface area contributed by atoms with Gasteiger partial charge in [0.25, 0.3) is 0 Å². The van der Waals surface area contributed by atoms with Crippen LogP contribution in [0.2, 0.25) is 0 Å². The fourth-order valence-corrected chi connectivity index (χ4v) is 4.87. The number of hydrogen-bond acceptors (Lipinski definition) is 4. The van der Waals surface area contributed by atoms with Crippen molar-refractivity contribution in [2.24, 2.45) is 0 Å². The molecule has 0 unspecified atom stereocenters. The molecule has 0 amide bonds. The molecule has 2 aromatic carbocycles. The molecule has 0 bridgehead atoms. The summed E-state index contributed by atoms with van der Waals surface area (Å²) in [6.07, 6.45) is 0.175. The van der Waals surface area contributed by atoms with E-state index in [1.54, 1.807) is 7.05 Å². The van der Waals surface area contributed by atoms with Crippen LogP contribution in [-0.4, -0.2) is 44.0 Å². The van der Waals surface area contributed by atoms with Gasteiger partial charge in [-0.25, -0.2) is 8.42 Å². The highest BCUT2D eigenvalue weighted by atomic mass is 32.2. The van der Waals surface area contributed by atoms with Crippen molar-refractivity contribution in [1.29, 1.82) is 0 Å². The average Bonchev–Trinajstić information content (AvgIpc) is 2.67. The molecule has 1 saturated heterocycles. The van der Waals surface area contributed by atoms with E-state index in [0.717, 1.165) is 16.7 Å². The van der Waals surface area contributed by atoms with Gasteiger partial charge in [0.1, 0.15) is 6.10 Å². The summed E-state index contributed by atoms with van der Waals surface area (Å²) < 4.78 is 38.6. The first-order valence-corrected chi connectivity index (χ1v) is 11.3. The van der Waals surface area contributed by atoms with Crippen molar-refractivity contribution in [1.82, 2.24) is 4.31 Å². The van der Waals surface area contributed by atoms with E-state index in [-0.39, 0.29) is 12.4 Å². The quantitative estimate of drug-likeness (QED) is 0.725. The summed E-state index contributed by atoms with van der Waals surface area (Å²) >= 11 is 0. The van der Waals surface area contributed by atoms with E-state index >= 15 is 0 Å². The third-order valence-corrected chi connectivity index (χ3v) is 7.15. The van der Waals surface area contributed by atoms with Gasteiger partial charge >= 0.3 is 0 Å². The second-order valence-corrected chi connectivity index (χ2v) is 9.78. The lowest BCUT2D eigenvalue weighted by atomic mass is 9.97. The molecular formula is C22H29NO4S. The minimum atomic E-state index is -3.37. The highest BCUT2D eigenvalue weighted by Gasteiger charge is 2.42. The molecule has 1 fully saturated rings. The Bertz CT molecular complexity index is 879. The summed E-state index contributed by atoms with van der Waals surface area (Å²) in [4.78, 5) is 0.